The van der Waals surface area contributed by atoms with Crippen LogP contribution in [0.5, 0.6) is 0 Å². The van der Waals surface area contributed by atoms with Crippen molar-refractivity contribution < 1.29 is 4.79 Å². The number of nitrogens with zero attached hydrogens (tertiary/aromatic N) is 3. The monoisotopic (exact) mass is 245 g/mol. The molecule has 0 bridgehead atoms. The van der Waals surface area contributed by atoms with Gasteiger partial charge in [-0.1, -0.05) is 0 Å². The van der Waals surface area contributed by atoms with Gasteiger partial charge in [-0.3, -0.25) is 14.9 Å². The summed E-state index contributed by atoms with van der Waals surface area (Å²) in [4.78, 5) is 17.4. The number of hydrogen-bond donors (Lipinski definition) is 2. The van der Waals surface area contributed by atoms with Crippen LogP contribution in [-0.4, -0.2) is 34.2 Å². The molecule has 94 valence electrons. The molecule has 2 aromatic heterocycles. The number of carbonyl (C=O) groups excluding carboxylic acids is 1. The van der Waals surface area contributed by atoms with Crippen LogP contribution in [0.3, 0.4) is 0 Å². The lowest BCUT2D eigenvalue weighted by Crippen LogP contribution is -2.38. The fourth-order valence-corrected chi connectivity index (χ4v) is 2.47. The molecule has 3 N–H and O–H groups in total. The van der Waals surface area contributed by atoms with E-state index >= 15 is 0 Å². The molecule has 3 rings (SSSR count). The predicted molar refractivity (Wildman–Crippen MR) is 68.0 cm³/mol. The van der Waals surface area contributed by atoms with Gasteiger partial charge in [0.25, 0.3) is 0 Å². The zero-order valence-corrected chi connectivity index (χ0v) is 9.97. The van der Waals surface area contributed by atoms with Crippen molar-refractivity contribution in [3.63, 3.8) is 0 Å². The summed E-state index contributed by atoms with van der Waals surface area (Å²) in [5.41, 5.74) is 6.27. The SMILES string of the molecule is NC(=O)C1CCN(c2n[nH]c3cnccc23)CC1. The van der Waals surface area contributed by atoms with Gasteiger partial charge in [-0.15, -0.1) is 0 Å². The molecule has 1 aliphatic heterocycles. The van der Waals surface area contributed by atoms with E-state index in [0.717, 1.165) is 42.7 Å². The third kappa shape index (κ3) is 1.79. The maximum atomic E-state index is 11.1. The number of nitrogens with one attached hydrogen (secondary N) is 1. The van der Waals surface area contributed by atoms with Crippen LogP contribution in [0.4, 0.5) is 5.82 Å². The Hall–Kier alpha value is -2.11. The Kier molecular flexibility index (Phi) is 2.62. The quantitative estimate of drug-likeness (QED) is 0.813. The molecule has 0 atom stereocenters. The van der Waals surface area contributed by atoms with E-state index in [9.17, 15) is 4.79 Å². The van der Waals surface area contributed by atoms with Gasteiger partial charge in [-0.2, -0.15) is 5.10 Å². The van der Waals surface area contributed by atoms with Gasteiger partial charge in [0.15, 0.2) is 5.82 Å². The van der Waals surface area contributed by atoms with E-state index in [0.29, 0.717) is 0 Å². The molecule has 0 spiro atoms. The van der Waals surface area contributed by atoms with Crippen molar-refractivity contribution in [2.24, 2.45) is 11.7 Å². The molecule has 0 saturated carbocycles. The van der Waals surface area contributed by atoms with Crippen LogP contribution in [0.1, 0.15) is 12.8 Å². The van der Waals surface area contributed by atoms with E-state index in [-0.39, 0.29) is 11.8 Å². The number of piperidine rings is 1. The van der Waals surface area contributed by atoms with Crippen LogP contribution >= 0.6 is 0 Å². The lowest BCUT2D eigenvalue weighted by atomic mass is 9.96. The first-order valence-electron chi connectivity index (χ1n) is 6.08. The van der Waals surface area contributed by atoms with Crippen molar-refractivity contribution in [1.82, 2.24) is 15.2 Å². The van der Waals surface area contributed by atoms with Crippen LogP contribution in [0.15, 0.2) is 18.5 Å². The van der Waals surface area contributed by atoms with Gasteiger partial charge in [-0.05, 0) is 18.9 Å². The molecule has 6 nitrogen and oxygen atoms in total. The number of hydrogen-bond acceptors (Lipinski definition) is 4. The number of anilines is 1. The van der Waals surface area contributed by atoms with E-state index in [4.69, 9.17) is 5.73 Å². The molecule has 1 aliphatic rings. The molecule has 1 fully saturated rings. The first kappa shape index (κ1) is 11.0. The van der Waals surface area contributed by atoms with Crippen molar-refractivity contribution >= 4 is 22.6 Å². The summed E-state index contributed by atoms with van der Waals surface area (Å²) in [5.74, 6) is 0.758. The first-order chi connectivity index (χ1) is 8.75. The van der Waals surface area contributed by atoms with E-state index in [2.05, 4.69) is 20.1 Å². The fourth-order valence-electron chi connectivity index (χ4n) is 2.47. The molecular formula is C12H15N5O. The number of primary amides is 1. The van der Waals surface area contributed by atoms with Gasteiger partial charge >= 0.3 is 0 Å². The van der Waals surface area contributed by atoms with E-state index in [1.165, 1.54) is 0 Å². The van der Waals surface area contributed by atoms with E-state index in [1.807, 2.05) is 6.07 Å². The Morgan fingerprint density at radius 1 is 1.44 bits per heavy atom. The number of carbonyl (C=O) groups is 1. The Morgan fingerprint density at radius 2 is 2.22 bits per heavy atom. The van der Waals surface area contributed by atoms with Crippen molar-refractivity contribution in [3.8, 4) is 0 Å². The summed E-state index contributed by atoms with van der Waals surface area (Å²) in [6.45, 7) is 1.63. The number of aromatic amines is 1. The lowest BCUT2D eigenvalue weighted by Gasteiger charge is -2.30. The fraction of sp³-hybridized carbons (Fsp3) is 0.417. The third-order valence-electron chi connectivity index (χ3n) is 3.54. The first-order valence-corrected chi connectivity index (χ1v) is 6.08. The predicted octanol–water partition coefficient (Wildman–Crippen LogP) is 0.660. The van der Waals surface area contributed by atoms with Crippen molar-refractivity contribution in [3.05, 3.63) is 18.5 Å². The second kappa shape index (κ2) is 4.29. The second-order valence-electron chi connectivity index (χ2n) is 4.63. The molecule has 0 radical (unpaired) electrons. The van der Waals surface area contributed by atoms with E-state index < -0.39 is 0 Å². The Balaban J connectivity index is 1.82. The minimum absolute atomic E-state index is 0.00752. The highest BCUT2D eigenvalue weighted by atomic mass is 16.1. The number of fused-ring (bicyclic) bond motifs is 1. The van der Waals surface area contributed by atoms with Crippen LogP contribution in [0, 0.1) is 5.92 Å². The van der Waals surface area contributed by atoms with Crippen LogP contribution in [0.2, 0.25) is 0 Å². The molecule has 0 aliphatic carbocycles. The highest BCUT2D eigenvalue weighted by molar-refractivity contribution is 5.89. The molecule has 0 unspecified atom stereocenters. The normalized spacial score (nSPS) is 17.2. The summed E-state index contributed by atoms with van der Waals surface area (Å²) in [5, 5.41) is 8.38. The van der Waals surface area contributed by atoms with Gasteiger partial charge in [0.1, 0.15) is 0 Å². The number of nitrogens with two attached hydrogens (primary N) is 1. The summed E-state index contributed by atoms with van der Waals surface area (Å²) in [7, 11) is 0. The standard InChI is InChI=1S/C12H15N5O/c13-11(18)8-2-5-17(6-3-8)12-9-1-4-14-7-10(9)15-16-12/h1,4,7-8H,2-3,5-6H2,(H2,13,18)(H,15,16). The third-order valence-corrected chi connectivity index (χ3v) is 3.54. The summed E-state index contributed by atoms with van der Waals surface area (Å²) in [6.07, 6.45) is 5.13. The number of H-pyrrole nitrogens is 1. The van der Waals surface area contributed by atoms with Crippen molar-refractivity contribution in [2.45, 2.75) is 12.8 Å². The zero-order chi connectivity index (χ0) is 12.5. The smallest absolute Gasteiger partial charge is 0.220 e. The Morgan fingerprint density at radius 3 is 2.94 bits per heavy atom. The number of aromatic nitrogens is 3. The average Bonchev–Trinajstić information content (AvgIpc) is 2.82. The van der Waals surface area contributed by atoms with Gasteiger partial charge in [0, 0.05) is 30.6 Å². The molecule has 18 heavy (non-hydrogen) atoms. The molecule has 0 aromatic carbocycles. The highest BCUT2D eigenvalue weighted by Gasteiger charge is 2.25. The van der Waals surface area contributed by atoms with E-state index in [1.54, 1.807) is 12.4 Å². The largest absolute Gasteiger partial charge is 0.369 e. The molecule has 1 amide bonds. The summed E-state index contributed by atoms with van der Waals surface area (Å²) in [6, 6.07) is 1.95. The molecule has 3 heterocycles. The summed E-state index contributed by atoms with van der Waals surface area (Å²) < 4.78 is 0. The average molecular weight is 245 g/mol. The maximum absolute atomic E-state index is 11.1. The maximum Gasteiger partial charge on any atom is 0.220 e. The summed E-state index contributed by atoms with van der Waals surface area (Å²) >= 11 is 0. The molecular weight excluding hydrogens is 230 g/mol. The topological polar surface area (TPSA) is 87.9 Å². The highest BCUT2D eigenvalue weighted by Crippen LogP contribution is 2.27. The number of rotatable bonds is 2. The van der Waals surface area contributed by atoms with Crippen LogP contribution < -0.4 is 10.6 Å². The van der Waals surface area contributed by atoms with Crippen molar-refractivity contribution in [2.75, 3.05) is 18.0 Å². The van der Waals surface area contributed by atoms with Gasteiger partial charge < -0.3 is 10.6 Å². The minimum Gasteiger partial charge on any atom is -0.369 e. The Bertz CT molecular complexity index is 571. The number of pyridine rings is 1. The van der Waals surface area contributed by atoms with Crippen molar-refractivity contribution in [1.29, 1.82) is 0 Å². The van der Waals surface area contributed by atoms with Crippen LogP contribution in [-0.2, 0) is 4.79 Å². The van der Waals surface area contributed by atoms with Gasteiger partial charge in [0.2, 0.25) is 5.91 Å². The molecule has 1 saturated heterocycles. The molecule has 6 heteroatoms. The number of amides is 1. The zero-order valence-electron chi connectivity index (χ0n) is 9.97. The minimum atomic E-state index is -0.189. The second-order valence-corrected chi connectivity index (χ2v) is 4.63. The Labute approximate surface area is 104 Å². The van der Waals surface area contributed by atoms with Crippen LogP contribution in [0.25, 0.3) is 10.9 Å². The van der Waals surface area contributed by atoms with Gasteiger partial charge in [0.05, 0.1) is 11.7 Å². The van der Waals surface area contributed by atoms with Gasteiger partial charge in [-0.25, -0.2) is 0 Å². The lowest BCUT2D eigenvalue weighted by molar-refractivity contribution is -0.122. The molecule has 2 aromatic rings.